The number of hydrogen-bond acceptors (Lipinski definition) is 3. The first-order valence-corrected chi connectivity index (χ1v) is 6.35. The molecule has 3 nitrogen and oxygen atoms in total. The molecule has 1 heterocycles. The number of nitrogens with two attached hydrogens (primary N) is 1. The maximum absolute atomic E-state index is 6.36. The van der Waals surface area contributed by atoms with Gasteiger partial charge in [-0.1, -0.05) is 6.92 Å². The van der Waals surface area contributed by atoms with Crippen LogP contribution in [0.3, 0.4) is 0 Å². The first-order valence-electron chi connectivity index (χ1n) is 6.35. The van der Waals surface area contributed by atoms with Crippen molar-refractivity contribution >= 4 is 0 Å². The SMILES string of the molecule is CCN1CCN(CC(C)(N)C2CC2)CC1. The summed E-state index contributed by atoms with van der Waals surface area (Å²) in [6, 6.07) is 0. The fourth-order valence-corrected chi connectivity index (χ4v) is 2.62. The van der Waals surface area contributed by atoms with Gasteiger partial charge >= 0.3 is 0 Å². The van der Waals surface area contributed by atoms with Crippen LogP contribution in [0.4, 0.5) is 0 Å². The Bertz CT molecular complexity index is 203. The molecule has 0 radical (unpaired) electrons. The fourth-order valence-electron chi connectivity index (χ4n) is 2.62. The highest BCUT2D eigenvalue weighted by Gasteiger charge is 2.39. The van der Waals surface area contributed by atoms with Gasteiger partial charge in [0, 0.05) is 38.3 Å². The lowest BCUT2D eigenvalue weighted by atomic mass is 9.96. The summed E-state index contributed by atoms with van der Waals surface area (Å²) in [5, 5.41) is 0. The second-order valence-corrected chi connectivity index (χ2v) is 5.49. The van der Waals surface area contributed by atoms with Crippen molar-refractivity contribution in [3.8, 4) is 0 Å². The van der Waals surface area contributed by atoms with Crippen LogP contribution >= 0.6 is 0 Å². The van der Waals surface area contributed by atoms with Crippen molar-refractivity contribution in [2.24, 2.45) is 11.7 Å². The molecule has 1 aliphatic heterocycles. The average Bonchev–Trinajstić information content (AvgIpc) is 3.01. The molecule has 88 valence electrons. The normalized spacial score (nSPS) is 29.0. The van der Waals surface area contributed by atoms with E-state index < -0.39 is 0 Å². The van der Waals surface area contributed by atoms with Crippen molar-refractivity contribution in [2.75, 3.05) is 39.3 Å². The Kier molecular flexibility index (Phi) is 3.33. The van der Waals surface area contributed by atoms with Crippen molar-refractivity contribution in [3.63, 3.8) is 0 Å². The van der Waals surface area contributed by atoms with Crippen molar-refractivity contribution in [3.05, 3.63) is 0 Å². The van der Waals surface area contributed by atoms with E-state index in [0.717, 1.165) is 12.5 Å². The van der Waals surface area contributed by atoms with Gasteiger partial charge in [0.05, 0.1) is 0 Å². The Morgan fingerprint density at radius 3 is 2.13 bits per heavy atom. The van der Waals surface area contributed by atoms with Gasteiger partial charge in [0.25, 0.3) is 0 Å². The van der Waals surface area contributed by atoms with Crippen LogP contribution in [0, 0.1) is 5.92 Å². The molecule has 0 bridgehead atoms. The van der Waals surface area contributed by atoms with Crippen LogP contribution in [-0.2, 0) is 0 Å². The summed E-state index contributed by atoms with van der Waals surface area (Å²) in [6.07, 6.45) is 2.70. The van der Waals surface area contributed by atoms with Gasteiger partial charge in [-0.25, -0.2) is 0 Å². The minimum atomic E-state index is 0.0639. The second kappa shape index (κ2) is 4.40. The predicted molar refractivity (Wildman–Crippen MR) is 63.9 cm³/mol. The van der Waals surface area contributed by atoms with Crippen LogP contribution in [0.1, 0.15) is 26.7 Å². The van der Waals surface area contributed by atoms with Gasteiger partial charge < -0.3 is 10.6 Å². The van der Waals surface area contributed by atoms with Gasteiger partial charge in [-0.2, -0.15) is 0 Å². The Morgan fingerprint density at radius 2 is 1.67 bits per heavy atom. The minimum Gasteiger partial charge on any atom is -0.324 e. The third kappa shape index (κ3) is 2.92. The van der Waals surface area contributed by atoms with Gasteiger partial charge in [-0.15, -0.1) is 0 Å². The van der Waals surface area contributed by atoms with E-state index in [9.17, 15) is 0 Å². The first-order chi connectivity index (χ1) is 7.12. The zero-order valence-electron chi connectivity index (χ0n) is 10.2. The molecule has 0 aromatic carbocycles. The summed E-state index contributed by atoms with van der Waals surface area (Å²) in [6.45, 7) is 11.6. The molecule has 2 rings (SSSR count). The molecule has 0 aromatic heterocycles. The van der Waals surface area contributed by atoms with Crippen LogP contribution in [0.25, 0.3) is 0 Å². The molecular weight excluding hydrogens is 186 g/mol. The molecule has 0 spiro atoms. The van der Waals surface area contributed by atoms with Crippen molar-refractivity contribution in [2.45, 2.75) is 32.2 Å². The Morgan fingerprint density at radius 1 is 1.13 bits per heavy atom. The minimum absolute atomic E-state index is 0.0639. The number of hydrogen-bond donors (Lipinski definition) is 1. The summed E-state index contributed by atoms with van der Waals surface area (Å²) in [7, 11) is 0. The lowest BCUT2D eigenvalue weighted by Crippen LogP contribution is -2.55. The van der Waals surface area contributed by atoms with E-state index in [4.69, 9.17) is 5.73 Å². The Labute approximate surface area is 93.6 Å². The van der Waals surface area contributed by atoms with Crippen LogP contribution in [0.5, 0.6) is 0 Å². The van der Waals surface area contributed by atoms with Gasteiger partial charge in [0.15, 0.2) is 0 Å². The van der Waals surface area contributed by atoms with E-state index in [0.29, 0.717) is 0 Å². The van der Waals surface area contributed by atoms with Crippen LogP contribution in [0.2, 0.25) is 0 Å². The summed E-state index contributed by atoms with van der Waals surface area (Å²) >= 11 is 0. The molecule has 15 heavy (non-hydrogen) atoms. The molecule has 0 aromatic rings. The van der Waals surface area contributed by atoms with Crippen molar-refractivity contribution in [1.82, 2.24) is 9.80 Å². The Balaban J connectivity index is 1.76. The van der Waals surface area contributed by atoms with E-state index >= 15 is 0 Å². The van der Waals surface area contributed by atoms with Gasteiger partial charge in [-0.3, -0.25) is 4.90 Å². The lowest BCUT2D eigenvalue weighted by Gasteiger charge is -2.38. The van der Waals surface area contributed by atoms with Crippen LogP contribution in [-0.4, -0.2) is 54.6 Å². The molecule has 1 atom stereocenters. The summed E-state index contributed by atoms with van der Waals surface area (Å²) < 4.78 is 0. The number of piperazine rings is 1. The van der Waals surface area contributed by atoms with E-state index in [-0.39, 0.29) is 5.54 Å². The summed E-state index contributed by atoms with van der Waals surface area (Å²) in [5.41, 5.74) is 6.43. The molecule has 2 N–H and O–H groups in total. The van der Waals surface area contributed by atoms with E-state index in [1.54, 1.807) is 0 Å². The number of nitrogens with zero attached hydrogens (tertiary/aromatic N) is 2. The highest BCUT2D eigenvalue weighted by Crippen LogP contribution is 2.38. The standard InChI is InChI=1S/C12H25N3/c1-3-14-6-8-15(9-7-14)10-12(2,13)11-4-5-11/h11H,3-10,13H2,1-2H3. The smallest absolute Gasteiger partial charge is 0.0283 e. The maximum Gasteiger partial charge on any atom is 0.0283 e. The molecular formula is C12H25N3. The molecule has 1 saturated heterocycles. The molecule has 2 aliphatic rings. The molecule has 1 aliphatic carbocycles. The summed E-state index contributed by atoms with van der Waals surface area (Å²) in [4.78, 5) is 5.06. The molecule has 1 unspecified atom stereocenters. The van der Waals surface area contributed by atoms with E-state index in [1.807, 2.05) is 0 Å². The zero-order valence-corrected chi connectivity index (χ0v) is 10.2. The molecule has 2 fully saturated rings. The maximum atomic E-state index is 6.36. The van der Waals surface area contributed by atoms with Crippen molar-refractivity contribution < 1.29 is 0 Å². The van der Waals surface area contributed by atoms with Gasteiger partial charge in [0.1, 0.15) is 0 Å². The summed E-state index contributed by atoms with van der Waals surface area (Å²) in [5.74, 6) is 0.793. The Hall–Kier alpha value is -0.120. The fraction of sp³-hybridized carbons (Fsp3) is 1.00. The van der Waals surface area contributed by atoms with E-state index in [2.05, 4.69) is 23.6 Å². The first kappa shape index (κ1) is 11.4. The highest BCUT2D eigenvalue weighted by molar-refractivity contribution is 4.97. The van der Waals surface area contributed by atoms with Gasteiger partial charge in [0.2, 0.25) is 0 Å². The van der Waals surface area contributed by atoms with Crippen LogP contribution < -0.4 is 5.73 Å². The predicted octanol–water partition coefficient (Wildman–Crippen LogP) is 0.751. The average molecular weight is 211 g/mol. The number of rotatable bonds is 4. The van der Waals surface area contributed by atoms with Crippen LogP contribution in [0.15, 0.2) is 0 Å². The van der Waals surface area contributed by atoms with Crippen molar-refractivity contribution in [1.29, 1.82) is 0 Å². The number of likely N-dealkylation sites (N-methyl/N-ethyl adjacent to an activating group) is 1. The second-order valence-electron chi connectivity index (χ2n) is 5.49. The topological polar surface area (TPSA) is 32.5 Å². The lowest BCUT2D eigenvalue weighted by molar-refractivity contribution is 0.112. The third-order valence-corrected chi connectivity index (χ3v) is 3.99. The largest absolute Gasteiger partial charge is 0.324 e. The van der Waals surface area contributed by atoms with E-state index in [1.165, 1.54) is 45.6 Å². The zero-order chi connectivity index (χ0) is 10.9. The monoisotopic (exact) mass is 211 g/mol. The molecule has 3 heteroatoms. The van der Waals surface area contributed by atoms with Gasteiger partial charge in [-0.05, 0) is 32.2 Å². The third-order valence-electron chi connectivity index (χ3n) is 3.99. The quantitative estimate of drug-likeness (QED) is 0.745. The molecule has 0 amide bonds. The highest BCUT2D eigenvalue weighted by atomic mass is 15.3. The molecule has 1 saturated carbocycles.